The minimum Gasteiger partial charge on any atom is -0.456 e. The highest BCUT2D eigenvalue weighted by Gasteiger charge is 2.37. The second kappa shape index (κ2) is 8.88. The molecule has 5 heterocycles. The number of aromatic amines is 1. The van der Waals surface area contributed by atoms with Crippen molar-refractivity contribution >= 4 is 99.7 Å². The monoisotopic (exact) mass is 632 g/mol. The summed E-state index contributed by atoms with van der Waals surface area (Å²) in [7, 11) is 0. The summed E-state index contributed by atoms with van der Waals surface area (Å²) in [6.07, 6.45) is 0. The number of hydrogen-bond acceptors (Lipinski definition) is 4. The van der Waals surface area contributed by atoms with Crippen molar-refractivity contribution in [3.05, 3.63) is 143 Å². The Hall–Kier alpha value is -5.98. The van der Waals surface area contributed by atoms with Gasteiger partial charge in [-0.2, -0.15) is 0 Å². The standard InChI is InChI=1S/C42H24N4OS/c1-2-10-22(11-3-1)41-44-38-26-14-6-9-17-33(26)48-40(38)42(45-41)46-30-21-28-24-12-4-7-15-29(24)43-37(28)27-19-18-23-20-32-36(39(46)34(23)35(27)30)25-13-5-8-16-31(25)47-32/h1-21,38,43H,(H,44,45). The third-order valence-electron chi connectivity index (χ3n) is 10.3. The van der Waals surface area contributed by atoms with Crippen LogP contribution in [-0.2, 0) is 0 Å². The van der Waals surface area contributed by atoms with E-state index >= 15 is 0 Å². The number of furan rings is 1. The molecule has 10 aromatic rings. The van der Waals surface area contributed by atoms with E-state index in [1.165, 1.54) is 47.8 Å². The molecule has 224 valence electrons. The maximum absolute atomic E-state index is 6.59. The minimum atomic E-state index is -0.0132. The van der Waals surface area contributed by atoms with Crippen molar-refractivity contribution in [1.82, 2.24) is 14.9 Å². The average Bonchev–Trinajstić information content (AvgIpc) is 3.89. The average molecular weight is 633 g/mol. The maximum atomic E-state index is 6.59. The van der Waals surface area contributed by atoms with Gasteiger partial charge in [-0.25, -0.2) is 4.99 Å². The van der Waals surface area contributed by atoms with Crippen molar-refractivity contribution < 1.29 is 4.42 Å². The van der Waals surface area contributed by atoms with Crippen molar-refractivity contribution in [3.63, 3.8) is 0 Å². The van der Waals surface area contributed by atoms with Crippen LogP contribution in [0.1, 0.15) is 17.2 Å². The first-order chi connectivity index (χ1) is 23.8. The number of nitrogens with one attached hydrogen (secondary N) is 2. The summed E-state index contributed by atoms with van der Waals surface area (Å²) in [4.78, 5) is 11.8. The van der Waals surface area contributed by atoms with Gasteiger partial charge in [-0.3, -0.25) is 4.57 Å². The molecule has 0 amide bonds. The minimum absolute atomic E-state index is 0.0132. The van der Waals surface area contributed by atoms with E-state index in [4.69, 9.17) is 9.41 Å². The van der Waals surface area contributed by atoms with Crippen LogP contribution in [0, 0.1) is 0 Å². The van der Waals surface area contributed by atoms with Gasteiger partial charge in [0.25, 0.3) is 0 Å². The van der Waals surface area contributed by atoms with Crippen molar-refractivity contribution in [2.45, 2.75) is 10.9 Å². The molecular formula is C42H24N4OS. The number of benzene rings is 7. The van der Waals surface area contributed by atoms with Crippen LogP contribution in [0.4, 0.5) is 0 Å². The van der Waals surface area contributed by atoms with Gasteiger partial charge in [0.15, 0.2) is 5.82 Å². The lowest BCUT2D eigenvalue weighted by molar-refractivity contribution is 0.669. The van der Waals surface area contributed by atoms with Crippen LogP contribution in [0.5, 0.6) is 0 Å². The molecule has 2 N–H and O–H groups in total. The zero-order chi connectivity index (χ0) is 31.1. The Morgan fingerprint density at radius 3 is 2.42 bits per heavy atom. The SMILES string of the molecule is c1ccc(C2=NC(n3c4cc5c6ccccc6[nH]c5c5ccc6cc7oc8ccccc8c7c3c6c54)=C3Sc4ccccc4C3N2)cc1. The fraction of sp³-hybridized carbons (Fsp3) is 0.0238. The Morgan fingerprint density at radius 2 is 1.48 bits per heavy atom. The largest absolute Gasteiger partial charge is 0.456 e. The van der Waals surface area contributed by atoms with Crippen LogP contribution < -0.4 is 5.32 Å². The van der Waals surface area contributed by atoms with Crippen LogP contribution >= 0.6 is 11.8 Å². The lowest BCUT2D eigenvalue weighted by Gasteiger charge is -2.26. The molecule has 0 saturated carbocycles. The molecule has 0 saturated heterocycles. The predicted octanol–water partition coefficient (Wildman–Crippen LogP) is 10.9. The van der Waals surface area contributed by atoms with Gasteiger partial charge in [-0.1, -0.05) is 109 Å². The number of amidine groups is 1. The number of fused-ring (bicyclic) bond motifs is 11. The van der Waals surface area contributed by atoms with Crippen LogP contribution in [-0.4, -0.2) is 15.4 Å². The second-order valence-electron chi connectivity index (χ2n) is 12.8. The normalized spacial score (nSPS) is 16.2. The van der Waals surface area contributed by atoms with Crippen molar-refractivity contribution in [1.29, 1.82) is 0 Å². The van der Waals surface area contributed by atoms with E-state index < -0.39 is 0 Å². The molecule has 2 aliphatic heterocycles. The van der Waals surface area contributed by atoms with Gasteiger partial charge in [0.05, 0.1) is 32.9 Å². The Kier molecular flexibility index (Phi) is 4.65. The molecule has 2 aliphatic rings. The molecular weight excluding hydrogens is 609 g/mol. The summed E-state index contributed by atoms with van der Waals surface area (Å²) < 4.78 is 9.05. The highest BCUT2D eigenvalue weighted by Crippen LogP contribution is 2.54. The summed E-state index contributed by atoms with van der Waals surface area (Å²) in [6.45, 7) is 0. The predicted molar refractivity (Wildman–Crippen MR) is 199 cm³/mol. The van der Waals surface area contributed by atoms with E-state index in [2.05, 4.69) is 136 Å². The lowest BCUT2D eigenvalue weighted by Crippen LogP contribution is -2.32. The first kappa shape index (κ1) is 25.2. The van der Waals surface area contributed by atoms with Crippen molar-refractivity contribution in [2.24, 2.45) is 4.99 Å². The van der Waals surface area contributed by atoms with Crippen molar-refractivity contribution in [2.75, 3.05) is 0 Å². The molecule has 0 fully saturated rings. The number of aromatic nitrogens is 2. The summed E-state index contributed by atoms with van der Waals surface area (Å²) >= 11 is 1.83. The number of H-pyrrole nitrogens is 1. The third kappa shape index (κ3) is 3.11. The zero-order valence-corrected chi connectivity index (χ0v) is 26.2. The molecule has 12 rings (SSSR count). The summed E-state index contributed by atoms with van der Waals surface area (Å²) in [5.74, 6) is 1.83. The highest BCUT2D eigenvalue weighted by molar-refractivity contribution is 8.03. The number of rotatable bonds is 2. The van der Waals surface area contributed by atoms with E-state index in [-0.39, 0.29) is 6.04 Å². The molecule has 5 nitrogen and oxygen atoms in total. The Morgan fingerprint density at radius 1 is 0.667 bits per heavy atom. The van der Waals surface area contributed by atoms with E-state index in [9.17, 15) is 0 Å². The van der Waals surface area contributed by atoms with Gasteiger partial charge in [0.2, 0.25) is 0 Å². The molecule has 1 unspecified atom stereocenters. The molecule has 48 heavy (non-hydrogen) atoms. The van der Waals surface area contributed by atoms with Gasteiger partial charge in [-0.15, -0.1) is 0 Å². The van der Waals surface area contributed by atoms with E-state index in [0.29, 0.717) is 0 Å². The molecule has 3 aromatic heterocycles. The topological polar surface area (TPSA) is 58.2 Å². The van der Waals surface area contributed by atoms with E-state index in [1.807, 2.05) is 17.8 Å². The van der Waals surface area contributed by atoms with Crippen LogP contribution in [0.25, 0.3) is 82.1 Å². The van der Waals surface area contributed by atoms with Gasteiger partial charge in [0, 0.05) is 48.3 Å². The molecule has 7 aromatic carbocycles. The highest BCUT2D eigenvalue weighted by atomic mass is 32.2. The Labute approximate surface area is 277 Å². The van der Waals surface area contributed by atoms with Gasteiger partial charge >= 0.3 is 0 Å². The molecule has 0 radical (unpaired) electrons. The fourth-order valence-corrected chi connectivity index (χ4v) is 9.52. The fourth-order valence-electron chi connectivity index (χ4n) is 8.30. The van der Waals surface area contributed by atoms with Gasteiger partial charge in [0.1, 0.15) is 17.0 Å². The summed E-state index contributed by atoms with van der Waals surface area (Å²) in [5.41, 5.74) is 8.72. The Bertz CT molecular complexity index is 3070. The van der Waals surface area contributed by atoms with E-state index in [1.54, 1.807) is 0 Å². The first-order valence-corrected chi connectivity index (χ1v) is 17.1. The maximum Gasteiger partial charge on any atom is 0.152 e. The van der Waals surface area contributed by atoms with Crippen LogP contribution in [0.3, 0.4) is 0 Å². The molecule has 6 heteroatoms. The second-order valence-corrected chi connectivity index (χ2v) is 13.9. The zero-order valence-electron chi connectivity index (χ0n) is 25.4. The van der Waals surface area contributed by atoms with Crippen LogP contribution in [0.15, 0.2) is 147 Å². The number of hydrogen-bond donors (Lipinski definition) is 2. The first-order valence-electron chi connectivity index (χ1n) is 16.3. The third-order valence-corrected chi connectivity index (χ3v) is 11.6. The number of thioether (sulfide) groups is 1. The number of nitrogens with zero attached hydrogens (tertiary/aromatic N) is 2. The smallest absolute Gasteiger partial charge is 0.152 e. The molecule has 0 spiro atoms. The number of para-hydroxylation sites is 2. The number of aliphatic imine (C=N–C) groups is 1. The molecule has 0 aliphatic carbocycles. The quantitative estimate of drug-likeness (QED) is 0.186. The van der Waals surface area contributed by atoms with Crippen molar-refractivity contribution in [3.8, 4) is 0 Å². The molecule has 0 bridgehead atoms. The molecule has 1 atom stereocenters. The van der Waals surface area contributed by atoms with E-state index in [0.717, 1.165) is 61.1 Å². The van der Waals surface area contributed by atoms with Gasteiger partial charge < -0.3 is 14.7 Å². The van der Waals surface area contributed by atoms with Crippen LogP contribution in [0.2, 0.25) is 0 Å². The summed E-state index contributed by atoms with van der Waals surface area (Å²) in [6, 6.07) is 45.4. The lowest BCUT2D eigenvalue weighted by atomic mass is 9.98. The summed E-state index contributed by atoms with van der Waals surface area (Å²) in [5, 5.41) is 13.4. The van der Waals surface area contributed by atoms with Gasteiger partial charge in [-0.05, 0) is 41.3 Å². The Balaban J connectivity index is 1.33.